The number of fused-ring (bicyclic) bond motifs is 2. The third kappa shape index (κ3) is 2.73. The fraction of sp³-hybridized carbons (Fsp3) is 0.533. The highest BCUT2D eigenvalue weighted by molar-refractivity contribution is 5.64. The predicted octanol–water partition coefficient (Wildman–Crippen LogP) is 2.45. The van der Waals surface area contributed by atoms with Crippen LogP contribution < -0.4 is 5.32 Å². The molecule has 2 heterocycles. The summed E-state index contributed by atoms with van der Waals surface area (Å²) >= 11 is 0. The van der Waals surface area contributed by atoms with Crippen LogP contribution in [0.5, 0.6) is 0 Å². The highest BCUT2D eigenvalue weighted by atomic mass is 16.4. The smallest absolute Gasteiger partial charge is 0.404 e. The number of hydrogen-bond donors (Lipinski definition) is 2. The van der Waals surface area contributed by atoms with Crippen molar-refractivity contribution >= 4 is 6.09 Å². The first-order valence-electron chi connectivity index (χ1n) is 7.01. The van der Waals surface area contributed by atoms with E-state index >= 15 is 0 Å². The molecule has 2 fully saturated rings. The van der Waals surface area contributed by atoms with E-state index in [1.807, 2.05) is 6.07 Å². The zero-order valence-electron chi connectivity index (χ0n) is 11.0. The van der Waals surface area contributed by atoms with Crippen molar-refractivity contribution in [2.45, 2.75) is 50.4 Å². The van der Waals surface area contributed by atoms with E-state index in [0.29, 0.717) is 12.1 Å². The minimum absolute atomic E-state index is 0.141. The Kier molecular flexibility index (Phi) is 3.42. The lowest BCUT2D eigenvalue weighted by Crippen LogP contribution is -2.49. The van der Waals surface area contributed by atoms with Gasteiger partial charge >= 0.3 is 6.09 Å². The minimum atomic E-state index is -0.888. The second kappa shape index (κ2) is 5.21. The second-order valence-electron chi connectivity index (χ2n) is 5.66. The van der Waals surface area contributed by atoms with Crippen LogP contribution in [0.25, 0.3) is 0 Å². The number of hydrogen-bond acceptors (Lipinski definition) is 2. The van der Waals surface area contributed by atoms with Gasteiger partial charge in [0.2, 0.25) is 0 Å². The van der Waals surface area contributed by atoms with Crippen molar-refractivity contribution in [3.8, 4) is 0 Å². The molecule has 0 aromatic heterocycles. The maximum atomic E-state index is 10.7. The summed E-state index contributed by atoms with van der Waals surface area (Å²) in [6.07, 6.45) is 3.43. The molecule has 4 heteroatoms. The monoisotopic (exact) mass is 260 g/mol. The Bertz CT molecular complexity index is 435. The molecule has 0 spiro atoms. The molecule has 2 bridgehead atoms. The third-order valence-corrected chi connectivity index (χ3v) is 4.42. The summed E-state index contributed by atoms with van der Waals surface area (Å²) in [6.45, 7) is 0.996. The largest absolute Gasteiger partial charge is 0.465 e. The summed E-state index contributed by atoms with van der Waals surface area (Å²) in [5.74, 6) is 0. The van der Waals surface area contributed by atoms with Gasteiger partial charge in [-0.25, -0.2) is 4.79 Å². The number of nitrogens with zero attached hydrogens (tertiary/aromatic N) is 1. The van der Waals surface area contributed by atoms with Gasteiger partial charge in [-0.15, -0.1) is 0 Å². The lowest BCUT2D eigenvalue weighted by molar-refractivity contribution is 0.106. The molecule has 102 valence electrons. The van der Waals surface area contributed by atoms with Crippen LogP contribution >= 0.6 is 0 Å². The SMILES string of the molecule is O=C(O)NC1CC2CCC(C1)N2Cc1ccccc1. The lowest BCUT2D eigenvalue weighted by atomic mass is 9.97. The molecule has 0 saturated carbocycles. The molecule has 1 amide bonds. The maximum Gasteiger partial charge on any atom is 0.404 e. The molecule has 2 atom stereocenters. The Morgan fingerprint density at radius 1 is 1.21 bits per heavy atom. The van der Waals surface area contributed by atoms with Crippen molar-refractivity contribution in [2.75, 3.05) is 0 Å². The van der Waals surface area contributed by atoms with E-state index in [1.54, 1.807) is 0 Å². The molecule has 0 aliphatic carbocycles. The molecule has 19 heavy (non-hydrogen) atoms. The first-order valence-corrected chi connectivity index (χ1v) is 7.01. The van der Waals surface area contributed by atoms with Gasteiger partial charge in [-0.05, 0) is 31.2 Å². The number of rotatable bonds is 3. The minimum Gasteiger partial charge on any atom is -0.465 e. The molecular weight excluding hydrogens is 240 g/mol. The van der Waals surface area contributed by atoms with Crippen molar-refractivity contribution in [3.05, 3.63) is 35.9 Å². The molecule has 2 aliphatic heterocycles. The number of piperidine rings is 1. The topological polar surface area (TPSA) is 52.6 Å². The Morgan fingerprint density at radius 3 is 2.42 bits per heavy atom. The first-order chi connectivity index (χ1) is 9.22. The van der Waals surface area contributed by atoms with E-state index in [-0.39, 0.29) is 6.04 Å². The number of benzene rings is 1. The molecule has 2 N–H and O–H groups in total. The van der Waals surface area contributed by atoms with Crippen LogP contribution in [0.4, 0.5) is 4.79 Å². The zero-order chi connectivity index (χ0) is 13.2. The van der Waals surface area contributed by atoms with Gasteiger partial charge in [0.25, 0.3) is 0 Å². The van der Waals surface area contributed by atoms with E-state index in [0.717, 1.165) is 19.4 Å². The Labute approximate surface area is 113 Å². The van der Waals surface area contributed by atoms with Crippen LogP contribution in [0.1, 0.15) is 31.2 Å². The number of carboxylic acid groups (broad SMARTS) is 1. The number of carbonyl (C=O) groups is 1. The Hall–Kier alpha value is -1.55. The molecule has 2 aliphatic rings. The van der Waals surface area contributed by atoms with Crippen molar-refractivity contribution < 1.29 is 9.90 Å². The first kappa shape index (κ1) is 12.5. The quantitative estimate of drug-likeness (QED) is 0.877. The van der Waals surface area contributed by atoms with Gasteiger partial charge in [0.1, 0.15) is 0 Å². The predicted molar refractivity (Wildman–Crippen MR) is 73.0 cm³/mol. The van der Waals surface area contributed by atoms with Crippen molar-refractivity contribution in [1.82, 2.24) is 10.2 Å². The van der Waals surface area contributed by atoms with Crippen LogP contribution in [0, 0.1) is 0 Å². The van der Waals surface area contributed by atoms with E-state index in [2.05, 4.69) is 34.5 Å². The van der Waals surface area contributed by atoms with Gasteiger partial charge in [0.05, 0.1) is 0 Å². The molecule has 2 saturated heterocycles. The van der Waals surface area contributed by atoms with Gasteiger partial charge in [-0.3, -0.25) is 4.90 Å². The van der Waals surface area contributed by atoms with Crippen LogP contribution in [-0.4, -0.2) is 34.2 Å². The maximum absolute atomic E-state index is 10.7. The third-order valence-electron chi connectivity index (χ3n) is 4.42. The average molecular weight is 260 g/mol. The van der Waals surface area contributed by atoms with Gasteiger partial charge in [0, 0.05) is 24.7 Å². The highest BCUT2D eigenvalue weighted by Gasteiger charge is 2.40. The molecule has 1 aromatic rings. The fourth-order valence-electron chi connectivity index (χ4n) is 3.62. The summed E-state index contributed by atoms with van der Waals surface area (Å²) in [5.41, 5.74) is 1.35. The fourth-order valence-corrected chi connectivity index (χ4v) is 3.62. The van der Waals surface area contributed by atoms with Crippen LogP contribution in [0.2, 0.25) is 0 Å². The Balaban J connectivity index is 1.65. The van der Waals surface area contributed by atoms with Gasteiger partial charge < -0.3 is 10.4 Å². The normalized spacial score (nSPS) is 30.2. The highest BCUT2D eigenvalue weighted by Crippen LogP contribution is 2.36. The van der Waals surface area contributed by atoms with Crippen LogP contribution in [-0.2, 0) is 6.54 Å². The van der Waals surface area contributed by atoms with Crippen LogP contribution in [0.15, 0.2) is 30.3 Å². The van der Waals surface area contributed by atoms with E-state index in [9.17, 15) is 4.79 Å². The van der Waals surface area contributed by atoms with Gasteiger partial charge in [0.15, 0.2) is 0 Å². The summed E-state index contributed by atoms with van der Waals surface area (Å²) in [5, 5.41) is 11.5. The average Bonchev–Trinajstić information content (AvgIpc) is 2.62. The molecule has 1 aromatic carbocycles. The second-order valence-corrected chi connectivity index (χ2v) is 5.66. The summed E-state index contributed by atoms with van der Waals surface area (Å²) < 4.78 is 0. The zero-order valence-corrected chi connectivity index (χ0v) is 11.0. The van der Waals surface area contributed by atoms with E-state index in [4.69, 9.17) is 5.11 Å². The Morgan fingerprint density at radius 2 is 1.84 bits per heavy atom. The molecule has 0 radical (unpaired) electrons. The molecule has 2 unspecified atom stereocenters. The molecule has 3 rings (SSSR count). The summed E-state index contributed by atoms with van der Waals surface area (Å²) in [6, 6.07) is 11.8. The molecule has 4 nitrogen and oxygen atoms in total. The van der Waals surface area contributed by atoms with E-state index < -0.39 is 6.09 Å². The lowest BCUT2D eigenvalue weighted by Gasteiger charge is -2.38. The summed E-state index contributed by atoms with van der Waals surface area (Å²) in [4.78, 5) is 13.3. The number of nitrogens with one attached hydrogen (secondary N) is 1. The van der Waals surface area contributed by atoms with E-state index in [1.165, 1.54) is 18.4 Å². The standard InChI is InChI=1S/C15H20N2O2/c18-15(19)16-12-8-13-6-7-14(9-12)17(13)10-11-4-2-1-3-5-11/h1-5,12-14,16H,6-10H2,(H,18,19). The molecular formula is C15H20N2O2. The number of amides is 1. The van der Waals surface area contributed by atoms with Crippen molar-refractivity contribution in [1.29, 1.82) is 0 Å². The van der Waals surface area contributed by atoms with Crippen molar-refractivity contribution in [2.24, 2.45) is 0 Å². The van der Waals surface area contributed by atoms with Gasteiger partial charge in [-0.1, -0.05) is 30.3 Å². The van der Waals surface area contributed by atoms with Crippen molar-refractivity contribution in [3.63, 3.8) is 0 Å². The summed E-state index contributed by atoms with van der Waals surface area (Å²) in [7, 11) is 0. The van der Waals surface area contributed by atoms with Gasteiger partial charge in [-0.2, -0.15) is 0 Å². The van der Waals surface area contributed by atoms with Crippen LogP contribution in [0.3, 0.4) is 0 Å².